The third kappa shape index (κ3) is 5.54. The third-order valence-electron chi connectivity index (χ3n) is 5.98. The van der Waals surface area contributed by atoms with Crippen LogP contribution in [0.4, 0.5) is 11.6 Å². The number of β-amino-alcohol motifs (C(OH)–C–C–N with tert-alkyl or cyclic N) is 1. The van der Waals surface area contributed by atoms with Crippen molar-refractivity contribution in [3.8, 4) is 0 Å². The zero-order valence-electron chi connectivity index (χ0n) is 19.5. The van der Waals surface area contributed by atoms with Crippen LogP contribution in [0.15, 0.2) is 36.8 Å². The number of aryl methyl sites for hydroxylation is 2. The quantitative estimate of drug-likeness (QED) is 0.566. The molecular weight excluding hydrogens is 418 g/mol. The average Bonchev–Trinajstić information content (AvgIpc) is 2.77. The van der Waals surface area contributed by atoms with Gasteiger partial charge in [-0.25, -0.2) is 9.97 Å². The third-order valence-corrected chi connectivity index (χ3v) is 5.98. The molecule has 9 heteroatoms. The Bertz CT molecular complexity index is 1110. The number of hydrogen-bond donors (Lipinski definition) is 2. The normalized spacial score (nSPS) is 18.4. The Morgan fingerprint density at radius 2 is 2.03 bits per heavy atom. The molecule has 174 valence electrons. The summed E-state index contributed by atoms with van der Waals surface area (Å²) in [7, 11) is 1.75. The molecule has 2 N–H and O–H groups in total. The SMILES string of the molecule is Cc1cc(C)nc(NCCC(=O)N(C)CC2(O)CCCN(c3ccnc4ccncc34)C2)n1. The Hall–Kier alpha value is -3.33. The lowest BCUT2D eigenvalue weighted by atomic mass is 9.91. The number of carbonyl (C=O) groups is 1. The lowest BCUT2D eigenvalue weighted by Gasteiger charge is -2.42. The minimum absolute atomic E-state index is 0.0315. The van der Waals surface area contributed by atoms with Crippen molar-refractivity contribution in [2.45, 2.75) is 38.7 Å². The number of nitrogens with zero attached hydrogens (tertiary/aromatic N) is 6. The molecule has 1 fully saturated rings. The Kier molecular flexibility index (Phi) is 6.69. The van der Waals surface area contributed by atoms with Crippen LogP contribution in [0.1, 0.15) is 30.7 Å². The molecule has 4 heterocycles. The van der Waals surface area contributed by atoms with Crippen molar-refractivity contribution in [2.75, 3.05) is 43.4 Å². The summed E-state index contributed by atoms with van der Waals surface area (Å²) in [6.07, 6.45) is 7.12. The van der Waals surface area contributed by atoms with Gasteiger partial charge in [0.1, 0.15) is 0 Å². The van der Waals surface area contributed by atoms with Crippen molar-refractivity contribution < 1.29 is 9.90 Å². The topological polar surface area (TPSA) is 107 Å². The molecule has 1 aliphatic rings. The van der Waals surface area contributed by atoms with Crippen LogP contribution < -0.4 is 10.2 Å². The highest BCUT2D eigenvalue weighted by molar-refractivity contribution is 5.90. The maximum absolute atomic E-state index is 12.7. The number of fused-ring (bicyclic) bond motifs is 1. The molecule has 0 saturated carbocycles. The van der Waals surface area contributed by atoms with Gasteiger partial charge in [0, 0.05) is 74.2 Å². The first-order chi connectivity index (χ1) is 15.8. The maximum atomic E-state index is 12.7. The van der Waals surface area contributed by atoms with Crippen molar-refractivity contribution in [2.24, 2.45) is 0 Å². The molecule has 33 heavy (non-hydrogen) atoms. The highest BCUT2D eigenvalue weighted by Crippen LogP contribution is 2.30. The lowest BCUT2D eigenvalue weighted by Crippen LogP contribution is -2.54. The van der Waals surface area contributed by atoms with Crippen molar-refractivity contribution >= 4 is 28.4 Å². The largest absolute Gasteiger partial charge is 0.386 e. The molecule has 3 aromatic heterocycles. The summed E-state index contributed by atoms with van der Waals surface area (Å²) in [5, 5.41) is 15.4. The summed E-state index contributed by atoms with van der Waals surface area (Å²) in [6, 6.07) is 5.76. The average molecular weight is 450 g/mol. The van der Waals surface area contributed by atoms with E-state index in [1.165, 1.54) is 0 Å². The van der Waals surface area contributed by atoms with Crippen LogP contribution in [0.2, 0.25) is 0 Å². The van der Waals surface area contributed by atoms with Gasteiger partial charge in [-0.05, 0) is 44.9 Å². The van der Waals surface area contributed by atoms with Crippen LogP contribution in [-0.4, -0.2) is 74.7 Å². The fourth-order valence-electron chi connectivity index (χ4n) is 4.50. The number of likely N-dealkylation sites (N-methyl/N-ethyl adjacent to an activating group) is 1. The monoisotopic (exact) mass is 449 g/mol. The first-order valence-corrected chi connectivity index (χ1v) is 11.3. The van der Waals surface area contributed by atoms with E-state index in [2.05, 4.69) is 30.2 Å². The smallest absolute Gasteiger partial charge is 0.224 e. The zero-order valence-corrected chi connectivity index (χ0v) is 19.5. The van der Waals surface area contributed by atoms with E-state index in [-0.39, 0.29) is 12.5 Å². The molecule has 9 nitrogen and oxygen atoms in total. The minimum atomic E-state index is -0.981. The number of rotatable bonds is 7. The molecule has 0 aromatic carbocycles. The molecule has 1 unspecified atom stereocenters. The van der Waals surface area contributed by atoms with Crippen LogP contribution in [0.3, 0.4) is 0 Å². The van der Waals surface area contributed by atoms with E-state index >= 15 is 0 Å². The second kappa shape index (κ2) is 9.66. The summed E-state index contributed by atoms with van der Waals surface area (Å²) in [5.41, 5.74) is 2.68. The molecule has 1 atom stereocenters. The van der Waals surface area contributed by atoms with Gasteiger partial charge in [0.05, 0.1) is 17.7 Å². The molecular formula is C24H31N7O2. The molecule has 1 amide bonds. The number of hydrogen-bond acceptors (Lipinski definition) is 8. The molecule has 0 aliphatic carbocycles. The predicted octanol–water partition coefficient (Wildman–Crippen LogP) is 2.33. The fourth-order valence-corrected chi connectivity index (χ4v) is 4.50. The molecule has 3 aromatic rings. The zero-order chi connectivity index (χ0) is 23.4. The van der Waals surface area contributed by atoms with E-state index in [4.69, 9.17) is 0 Å². The summed E-state index contributed by atoms with van der Waals surface area (Å²) >= 11 is 0. The number of amides is 1. The molecule has 1 saturated heterocycles. The van der Waals surface area contributed by atoms with Gasteiger partial charge in [-0.15, -0.1) is 0 Å². The van der Waals surface area contributed by atoms with E-state index in [9.17, 15) is 9.90 Å². The minimum Gasteiger partial charge on any atom is -0.386 e. The number of anilines is 2. The van der Waals surface area contributed by atoms with Gasteiger partial charge in [0.2, 0.25) is 11.9 Å². The molecule has 0 radical (unpaired) electrons. The van der Waals surface area contributed by atoms with Crippen LogP contribution in [-0.2, 0) is 4.79 Å². The first-order valence-electron chi connectivity index (χ1n) is 11.3. The number of aliphatic hydroxyl groups is 1. The lowest BCUT2D eigenvalue weighted by molar-refractivity contribution is -0.133. The van der Waals surface area contributed by atoms with Gasteiger partial charge in [-0.3, -0.25) is 14.8 Å². The highest BCUT2D eigenvalue weighted by atomic mass is 16.3. The standard InChI is InChI=1S/C24H31N7O2/c1-17-13-18(2)29-23(28-17)27-11-7-22(32)30(3)15-24(33)8-4-12-31(16-24)21-6-10-26-20-5-9-25-14-19(20)21/h5-6,9-10,13-14,33H,4,7-8,11-12,15-16H2,1-3H3,(H,27,28,29). The number of pyridine rings is 2. The Morgan fingerprint density at radius 1 is 1.24 bits per heavy atom. The van der Waals surface area contributed by atoms with Gasteiger partial charge < -0.3 is 20.2 Å². The molecule has 0 bridgehead atoms. The van der Waals surface area contributed by atoms with Gasteiger partial charge in [-0.2, -0.15) is 0 Å². The number of carbonyl (C=O) groups excluding carboxylic acids is 1. The van der Waals surface area contributed by atoms with Gasteiger partial charge >= 0.3 is 0 Å². The van der Waals surface area contributed by atoms with E-state index < -0.39 is 5.60 Å². The van der Waals surface area contributed by atoms with E-state index in [1.54, 1.807) is 24.3 Å². The second-order valence-corrected chi connectivity index (χ2v) is 8.87. The van der Waals surface area contributed by atoms with Crippen LogP contribution in [0.25, 0.3) is 10.9 Å². The van der Waals surface area contributed by atoms with Crippen molar-refractivity contribution in [3.63, 3.8) is 0 Å². The number of piperidine rings is 1. The highest BCUT2D eigenvalue weighted by Gasteiger charge is 2.36. The molecule has 0 spiro atoms. The maximum Gasteiger partial charge on any atom is 0.224 e. The van der Waals surface area contributed by atoms with E-state index in [0.717, 1.165) is 40.9 Å². The summed E-state index contributed by atoms with van der Waals surface area (Å²) in [6.45, 7) is 5.84. The van der Waals surface area contributed by atoms with Crippen molar-refractivity contribution in [1.29, 1.82) is 0 Å². The molecule has 1 aliphatic heterocycles. The Balaban J connectivity index is 1.35. The summed E-state index contributed by atoms with van der Waals surface area (Å²) in [4.78, 5) is 33.8. The van der Waals surface area contributed by atoms with Gasteiger partial charge in [0.25, 0.3) is 0 Å². The van der Waals surface area contributed by atoms with Gasteiger partial charge in [0.15, 0.2) is 0 Å². The molecule has 4 rings (SSSR count). The number of aromatic nitrogens is 4. The fraction of sp³-hybridized carbons (Fsp3) is 0.458. The van der Waals surface area contributed by atoms with E-state index in [0.29, 0.717) is 31.9 Å². The first kappa shape index (κ1) is 22.8. The summed E-state index contributed by atoms with van der Waals surface area (Å²) < 4.78 is 0. The Labute approximate surface area is 193 Å². The van der Waals surface area contributed by atoms with Crippen molar-refractivity contribution in [3.05, 3.63) is 48.2 Å². The predicted molar refractivity (Wildman–Crippen MR) is 128 cm³/mol. The number of nitrogens with one attached hydrogen (secondary N) is 1. The second-order valence-electron chi connectivity index (χ2n) is 8.87. The van der Waals surface area contributed by atoms with Gasteiger partial charge in [-0.1, -0.05) is 0 Å². The van der Waals surface area contributed by atoms with Crippen LogP contribution in [0, 0.1) is 13.8 Å². The van der Waals surface area contributed by atoms with Crippen LogP contribution >= 0.6 is 0 Å². The van der Waals surface area contributed by atoms with Crippen LogP contribution in [0.5, 0.6) is 0 Å². The van der Waals surface area contributed by atoms with E-state index in [1.807, 2.05) is 38.2 Å². The Morgan fingerprint density at radius 3 is 2.82 bits per heavy atom. The summed E-state index contributed by atoms with van der Waals surface area (Å²) in [5.74, 6) is 0.500. The van der Waals surface area contributed by atoms with Crippen molar-refractivity contribution in [1.82, 2.24) is 24.8 Å².